The summed E-state index contributed by atoms with van der Waals surface area (Å²) in [7, 11) is 1.78. The van der Waals surface area contributed by atoms with Gasteiger partial charge in [0.2, 0.25) is 5.95 Å². The molecule has 0 aliphatic carbocycles. The van der Waals surface area contributed by atoms with Crippen LogP contribution < -0.4 is 4.90 Å². The Bertz CT molecular complexity index is 632. The molecule has 1 fully saturated rings. The van der Waals surface area contributed by atoms with E-state index in [-0.39, 0.29) is 5.91 Å². The third kappa shape index (κ3) is 2.90. The minimum atomic E-state index is 0.0198. The number of hydrogen-bond acceptors (Lipinski definition) is 5. The van der Waals surface area contributed by atoms with Crippen molar-refractivity contribution in [2.24, 2.45) is 7.05 Å². The van der Waals surface area contributed by atoms with Crippen LogP contribution in [0.3, 0.4) is 0 Å². The molecule has 0 N–H and O–H groups in total. The van der Waals surface area contributed by atoms with E-state index < -0.39 is 0 Å². The van der Waals surface area contributed by atoms with Gasteiger partial charge in [-0.05, 0) is 22.0 Å². The Kier molecular flexibility index (Phi) is 3.87. The molecule has 7 nitrogen and oxygen atoms in total. The SMILES string of the molecule is Cn1nccc1C(=O)N1CCN(c2ncc(Br)cn2)CC1. The largest absolute Gasteiger partial charge is 0.337 e. The number of hydrogen-bond donors (Lipinski definition) is 0. The number of rotatable bonds is 2. The van der Waals surface area contributed by atoms with Gasteiger partial charge in [-0.25, -0.2) is 9.97 Å². The lowest BCUT2D eigenvalue weighted by Gasteiger charge is -2.34. The van der Waals surface area contributed by atoms with E-state index in [0.717, 1.165) is 17.6 Å². The Morgan fingerprint density at radius 3 is 2.43 bits per heavy atom. The number of carbonyl (C=O) groups excluding carboxylic acids is 1. The van der Waals surface area contributed by atoms with Crippen LogP contribution in [0.5, 0.6) is 0 Å². The summed E-state index contributed by atoms with van der Waals surface area (Å²) in [5.74, 6) is 0.720. The summed E-state index contributed by atoms with van der Waals surface area (Å²) in [6, 6.07) is 1.74. The molecule has 0 saturated carbocycles. The third-order valence-corrected chi connectivity index (χ3v) is 3.91. The first-order valence-electron chi connectivity index (χ1n) is 6.65. The number of aryl methyl sites for hydroxylation is 1. The van der Waals surface area contributed by atoms with E-state index in [4.69, 9.17) is 0 Å². The van der Waals surface area contributed by atoms with Gasteiger partial charge in [-0.2, -0.15) is 5.10 Å². The molecule has 1 aliphatic rings. The van der Waals surface area contributed by atoms with Gasteiger partial charge in [0.1, 0.15) is 5.69 Å². The van der Waals surface area contributed by atoms with Crippen LogP contribution in [0.4, 0.5) is 5.95 Å². The number of carbonyl (C=O) groups is 1. The molecule has 1 saturated heterocycles. The van der Waals surface area contributed by atoms with Crippen molar-refractivity contribution >= 4 is 27.8 Å². The lowest BCUT2D eigenvalue weighted by Crippen LogP contribution is -2.49. The van der Waals surface area contributed by atoms with Crippen LogP contribution in [0, 0.1) is 0 Å². The zero-order valence-corrected chi connectivity index (χ0v) is 13.2. The molecule has 0 unspecified atom stereocenters. The lowest BCUT2D eigenvalue weighted by atomic mass is 10.3. The quantitative estimate of drug-likeness (QED) is 0.806. The predicted octanol–water partition coefficient (Wildman–Crippen LogP) is 0.935. The number of nitrogens with zero attached hydrogens (tertiary/aromatic N) is 6. The highest BCUT2D eigenvalue weighted by atomic mass is 79.9. The monoisotopic (exact) mass is 350 g/mol. The molecule has 0 aromatic carbocycles. The van der Waals surface area contributed by atoms with Gasteiger partial charge in [0.25, 0.3) is 5.91 Å². The molecule has 1 amide bonds. The second kappa shape index (κ2) is 5.80. The molecule has 2 aromatic heterocycles. The summed E-state index contributed by atoms with van der Waals surface area (Å²) < 4.78 is 2.46. The van der Waals surface area contributed by atoms with Crippen molar-refractivity contribution in [1.82, 2.24) is 24.6 Å². The molecule has 110 valence electrons. The smallest absolute Gasteiger partial charge is 0.272 e. The lowest BCUT2D eigenvalue weighted by molar-refractivity contribution is 0.0735. The zero-order chi connectivity index (χ0) is 14.8. The maximum absolute atomic E-state index is 12.4. The van der Waals surface area contributed by atoms with E-state index in [1.165, 1.54) is 0 Å². The Morgan fingerprint density at radius 2 is 1.86 bits per heavy atom. The molecule has 0 radical (unpaired) electrons. The van der Waals surface area contributed by atoms with Crippen molar-refractivity contribution < 1.29 is 4.79 Å². The van der Waals surface area contributed by atoms with E-state index in [1.54, 1.807) is 36.4 Å². The van der Waals surface area contributed by atoms with Crippen molar-refractivity contribution in [3.8, 4) is 0 Å². The number of halogens is 1. The first-order chi connectivity index (χ1) is 10.1. The number of aromatic nitrogens is 4. The number of anilines is 1. The molecule has 8 heteroatoms. The van der Waals surface area contributed by atoms with E-state index >= 15 is 0 Å². The average molecular weight is 351 g/mol. The van der Waals surface area contributed by atoms with E-state index in [9.17, 15) is 4.79 Å². The Morgan fingerprint density at radius 1 is 1.19 bits per heavy atom. The first kappa shape index (κ1) is 14.0. The Hall–Kier alpha value is -1.96. The average Bonchev–Trinajstić information content (AvgIpc) is 2.94. The fourth-order valence-corrected chi connectivity index (χ4v) is 2.53. The summed E-state index contributed by atoms with van der Waals surface area (Å²) in [5.41, 5.74) is 0.614. The summed E-state index contributed by atoms with van der Waals surface area (Å²) in [6.45, 7) is 2.77. The molecule has 0 atom stereocenters. The van der Waals surface area contributed by atoms with Crippen LogP contribution in [0.2, 0.25) is 0 Å². The summed E-state index contributed by atoms with van der Waals surface area (Å²) in [6.07, 6.45) is 5.10. The fraction of sp³-hybridized carbons (Fsp3) is 0.385. The van der Waals surface area contributed by atoms with Gasteiger partial charge in [0.05, 0.1) is 4.47 Å². The van der Waals surface area contributed by atoms with Crippen molar-refractivity contribution in [3.63, 3.8) is 0 Å². The van der Waals surface area contributed by atoms with Gasteiger partial charge in [-0.15, -0.1) is 0 Å². The van der Waals surface area contributed by atoms with Gasteiger partial charge in [-0.1, -0.05) is 0 Å². The molecule has 0 bridgehead atoms. The predicted molar refractivity (Wildman–Crippen MR) is 81.1 cm³/mol. The van der Waals surface area contributed by atoms with Gasteiger partial charge in [0.15, 0.2) is 0 Å². The van der Waals surface area contributed by atoms with E-state index in [1.807, 2.05) is 4.90 Å². The van der Waals surface area contributed by atoms with Gasteiger partial charge >= 0.3 is 0 Å². The third-order valence-electron chi connectivity index (χ3n) is 3.50. The second-order valence-corrected chi connectivity index (χ2v) is 5.74. The molecule has 21 heavy (non-hydrogen) atoms. The van der Waals surface area contributed by atoms with Crippen LogP contribution in [-0.4, -0.2) is 56.7 Å². The van der Waals surface area contributed by atoms with Gasteiger partial charge in [0, 0.05) is 51.8 Å². The Balaban J connectivity index is 1.64. The van der Waals surface area contributed by atoms with Crippen LogP contribution in [0.25, 0.3) is 0 Å². The van der Waals surface area contributed by atoms with E-state index in [0.29, 0.717) is 24.7 Å². The summed E-state index contributed by atoms with van der Waals surface area (Å²) in [5, 5.41) is 4.04. The minimum Gasteiger partial charge on any atom is -0.337 e. The highest BCUT2D eigenvalue weighted by Gasteiger charge is 2.24. The van der Waals surface area contributed by atoms with Crippen molar-refractivity contribution in [2.75, 3.05) is 31.1 Å². The fourth-order valence-electron chi connectivity index (χ4n) is 2.32. The van der Waals surface area contributed by atoms with Crippen LogP contribution in [0.1, 0.15) is 10.5 Å². The molecule has 1 aliphatic heterocycles. The highest BCUT2D eigenvalue weighted by molar-refractivity contribution is 9.10. The maximum atomic E-state index is 12.4. The van der Waals surface area contributed by atoms with E-state index in [2.05, 4.69) is 35.9 Å². The molecule has 3 rings (SSSR count). The molecule has 3 heterocycles. The summed E-state index contributed by atoms with van der Waals surface area (Å²) >= 11 is 3.32. The van der Waals surface area contributed by atoms with Gasteiger partial charge in [-0.3, -0.25) is 9.48 Å². The maximum Gasteiger partial charge on any atom is 0.272 e. The molecule has 2 aromatic rings. The standard InChI is InChI=1S/C13H15BrN6O/c1-18-11(2-3-17-18)12(21)19-4-6-20(7-5-19)13-15-8-10(14)9-16-13/h2-3,8-9H,4-7H2,1H3. The topological polar surface area (TPSA) is 67.2 Å². The Labute approximate surface area is 130 Å². The molecular weight excluding hydrogens is 336 g/mol. The second-order valence-electron chi connectivity index (χ2n) is 4.82. The highest BCUT2D eigenvalue weighted by Crippen LogP contribution is 2.14. The van der Waals surface area contributed by atoms with Gasteiger partial charge < -0.3 is 9.80 Å². The molecular formula is C13H15BrN6O. The van der Waals surface area contributed by atoms with Crippen LogP contribution in [0.15, 0.2) is 29.1 Å². The molecule has 0 spiro atoms. The zero-order valence-electron chi connectivity index (χ0n) is 11.6. The van der Waals surface area contributed by atoms with Crippen LogP contribution >= 0.6 is 15.9 Å². The van der Waals surface area contributed by atoms with Crippen LogP contribution in [-0.2, 0) is 7.05 Å². The van der Waals surface area contributed by atoms with Crippen molar-refractivity contribution in [1.29, 1.82) is 0 Å². The minimum absolute atomic E-state index is 0.0198. The summed E-state index contributed by atoms with van der Waals surface area (Å²) in [4.78, 5) is 24.9. The first-order valence-corrected chi connectivity index (χ1v) is 7.44. The number of piperazine rings is 1. The normalized spacial score (nSPS) is 15.3. The number of amides is 1. The van der Waals surface area contributed by atoms with Crippen molar-refractivity contribution in [2.45, 2.75) is 0 Å². The van der Waals surface area contributed by atoms with Crippen molar-refractivity contribution in [3.05, 3.63) is 34.8 Å².